The second-order valence-corrected chi connectivity index (χ2v) is 4.75. The molecule has 0 spiro atoms. The summed E-state index contributed by atoms with van der Waals surface area (Å²) in [5.74, 6) is -0.187. The van der Waals surface area contributed by atoms with Crippen molar-refractivity contribution in [1.29, 1.82) is 0 Å². The first kappa shape index (κ1) is 10.5. The Hall–Kier alpha value is -1.00. The number of benzene rings is 1. The number of fused-ring (bicyclic) bond motifs is 1. The number of rotatable bonds is 0. The van der Waals surface area contributed by atoms with E-state index in [4.69, 9.17) is 11.6 Å². The van der Waals surface area contributed by atoms with Gasteiger partial charge in [-0.1, -0.05) is 11.6 Å². The van der Waals surface area contributed by atoms with Gasteiger partial charge in [0.25, 0.3) is 0 Å². The fraction of sp³-hybridized carbons (Fsp3) is 0.200. The lowest BCUT2D eigenvalue weighted by molar-refractivity contribution is -0.122. The quantitative estimate of drug-likeness (QED) is 0.655. The fourth-order valence-corrected chi connectivity index (χ4v) is 2.56. The Morgan fingerprint density at radius 3 is 2.87 bits per heavy atom. The molecule has 0 unspecified atom stereocenters. The van der Waals surface area contributed by atoms with Crippen LogP contribution in [0.5, 0.6) is 0 Å². The van der Waals surface area contributed by atoms with Gasteiger partial charge in [0, 0.05) is 17.0 Å². The lowest BCUT2D eigenvalue weighted by atomic mass is 10.3. The number of amides is 1. The molecule has 0 radical (unpaired) electrons. The van der Waals surface area contributed by atoms with Gasteiger partial charge in [0.1, 0.15) is 0 Å². The first-order valence-corrected chi connectivity index (χ1v) is 5.54. The standard InChI is InChI=1S/C10H8ClNO2S/c1-12-7-3-2-6(11)4-8(7)15-10(14)5-9(12)13/h2-4H,5H2,1H3. The maximum atomic E-state index is 11.5. The number of hydrogen-bond acceptors (Lipinski definition) is 3. The molecule has 0 bridgehead atoms. The molecule has 15 heavy (non-hydrogen) atoms. The van der Waals surface area contributed by atoms with Gasteiger partial charge in [0.05, 0.1) is 12.1 Å². The Bertz CT molecular complexity index is 447. The van der Waals surface area contributed by atoms with E-state index in [2.05, 4.69) is 0 Å². The number of carbonyl (C=O) groups is 2. The first-order valence-electron chi connectivity index (χ1n) is 4.35. The molecule has 0 atom stereocenters. The predicted molar refractivity (Wildman–Crippen MR) is 60.3 cm³/mol. The van der Waals surface area contributed by atoms with Gasteiger partial charge in [-0.25, -0.2) is 0 Å². The second kappa shape index (κ2) is 3.87. The van der Waals surface area contributed by atoms with Crippen LogP contribution in [0.25, 0.3) is 0 Å². The van der Waals surface area contributed by atoms with Crippen molar-refractivity contribution in [3.63, 3.8) is 0 Å². The van der Waals surface area contributed by atoms with Crippen LogP contribution in [-0.2, 0) is 9.59 Å². The van der Waals surface area contributed by atoms with Crippen LogP contribution in [0.4, 0.5) is 5.69 Å². The van der Waals surface area contributed by atoms with E-state index in [1.807, 2.05) is 0 Å². The maximum absolute atomic E-state index is 11.5. The number of thioether (sulfide) groups is 1. The molecule has 2 rings (SSSR count). The number of nitrogens with zero attached hydrogens (tertiary/aromatic N) is 1. The van der Waals surface area contributed by atoms with Crippen LogP contribution in [0.15, 0.2) is 23.1 Å². The predicted octanol–water partition coefficient (Wildman–Crippen LogP) is 2.33. The molecule has 5 heteroatoms. The molecule has 0 aliphatic carbocycles. The summed E-state index contributed by atoms with van der Waals surface area (Å²) in [4.78, 5) is 25.1. The van der Waals surface area contributed by atoms with Crippen LogP contribution in [0, 0.1) is 0 Å². The molecule has 0 saturated heterocycles. The third-order valence-electron chi connectivity index (χ3n) is 2.18. The average molecular weight is 242 g/mol. The molecule has 78 valence electrons. The smallest absolute Gasteiger partial charge is 0.235 e. The molecular formula is C10H8ClNO2S. The van der Waals surface area contributed by atoms with Crippen molar-refractivity contribution >= 4 is 40.1 Å². The molecule has 1 aromatic carbocycles. The van der Waals surface area contributed by atoms with Crippen LogP contribution >= 0.6 is 23.4 Å². The lowest BCUT2D eigenvalue weighted by Gasteiger charge is -2.16. The number of hydrogen-bond donors (Lipinski definition) is 0. The van der Waals surface area contributed by atoms with Crippen LogP contribution in [0.1, 0.15) is 6.42 Å². The summed E-state index contributed by atoms with van der Waals surface area (Å²) in [6.45, 7) is 0. The van der Waals surface area contributed by atoms with Gasteiger partial charge in [-0.15, -0.1) is 0 Å². The van der Waals surface area contributed by atoms with Crippen LogP contribution in [0.3, 0.4) is 0 Å². The average Bonchev–Trinajstić information content (AvgIpc) is 2.25. The minimum atomic E-state index is -0.187. The number of carbonyl (C=O) groups excluding carboxylic acids is 2. The lowest BCUT2D eigenvalue weighted by Crippen LogP contribution is -2.26. The third-order valence-corrected chi connectivity index (χ3v) is 3.33. The van der Waals surface area contributed by atoms with Gasteiger partial charge in [-0.2, -0.15) is 0 Å². The first-order chi connectivity index (χ1) is 7.08. The molecule has 0 N–H and O–H groups in total. The summed E-state index contributed by atoms with van der Waals surface area (Å²) >= 11 is 6.90. The van der Waals surface area contributed by atoms with Crippen molar-refractivity contribution in [3.8, 4) is 0 Å². The van der Waals surface area contributed by atoms with E-state index in [1.165, 1.54) is 4.90 Å². The van der Waals surface area contributed by atoms with Crippen molar-refractivity contribution in [3.05, 3.63) is 23.2 Å². The summed E-state index contributed by atoms with van der Waals surface area (Å²) in [6.07, 6.45) is -0.0620. The minimum Gasteiger partial charge on any atom is -0.314 e. The van der Waals surface area contributed by atoms with Crippen LogP contribution in [0.2, 0.25) is 5.02 Å². The Kier molecular flexibility index (Phi) is 2.71. The highest BCUT2D eigenvalue weighted by atomic mass is 35.5. The second-order valence-electron chi connectivity index (χ2n) is 3.22. The van der Waals surface area contributed by atoms with E-state index in [1.54, 1.807) is 25.2 Å². The third kappa shape index (κ3) is 2.01. The van der Waals surface area contributed by atoms with Gasteiger partial charge in [0.2, 0.25) is 11.0 Å². The van der Waals surface area contributed by atoms with Crippen LogP contribution in [-0.4, -0.2) is 18.1 Å². The minimum absolute atomic E-state index is 0.0620. The summed E-state index contributed by atoms with van der Waals surface area (Å²) in [5, 5.41) is 0.421. The molecule has 0 aromatic heterocycles. The molecule has 1 aliphatic heterocycles. The Morgan fingerprint density at radius 1 is 1.40 bits per heavy atom. The van der Waals surface area contributed by atoms with Gasteiger partial charge in [0.15, 0.2) is 0 Å². The normalized spacial score (nSPS) is 16.3. The molecule has 1 amide bonds. The Morgan fingerprint density at radius 2 is 2.13 bits per heavy atom. The highest BCUT2D eigenvalue weighted by Gasteiger charge is 2.24. The Balaban J connectivity index is 2.54. The monoisotopic (exact) mass is 241 g/mol. The van der Waals surface area contributed by atoms with Crippen molar-refractivity contribution in [2.24, 2.45) is 0 Å². The number of halogens is 1. The van der Waals surface area contributed by atoms with Gasteiger partial charge in [-0.3, -0.25) is 9.59 Å². The zero-order valence-electron chi connectivity index (χ0n) is 7.99. The van der Waals surface area contributed by atoms with Crippen molar-refractivity contribution in [2.75, 3.05) is 11.9 Å². The van der Waals surface area contributed by atoms with E-state index < -0.39 is 0 Å². The molecule has 1 aliphatic rings. The molecule has 0 saturated carbocycles. The van der Waals surface area contributed by atoms with Crippen molar-refractivity contribution in [1.82, 2.24) is 0 Å². The van der Waals surface area contributed by atoms with Crippen molar-refractivity contribution in [2.45, 2.75) is 11.3 Å². The van der Waals surface area contributed by atoms with E-state index in [9.17, 15) is 9.59 Å². The highest BCUT2D eigenvalue weighted by Crippen LogP contribution is 2.36. The summed E-state index contributed by atoms with van der Waals surface area (Å²) < 4.78 is 0. The topological polar surface area (TPSA) is 37.4 Å². The van der Waals surface area contributed by atoms with Crippen molar-refractivity contribution < 1.29 is 9.59 Å². The summed E-state index contributed by atoms with van der Waals surface area (Å²) in [6, 6.07) is 5.16. The van der Waals surface area contributed by atoms with E-state index in [0.29, 0.717) is 5.02 Å². The zero-order valence-corrected chi connectivity index (χ0v) is 9.56. The fourth-order valence-electron chi connectivity index (χ4n) is 1.38. The molecular weight excluding hydrogens is 234 g/mol. The van der Waals surface area contributed by atoms with E-state index >= 15 is 0 Å². The van der Waals surface area contributed by atoms with E-state index in [-0.39, 0.29) is 17.4 Å². The van der Waals surface area contributed by atoms with Crippen LogP contribution < -0.4 is 4.90 Å². The highest BCUT2D eigenvalue weighted by molar-refractivity contribution is 8.13. The zero-order chi connectivity index (χ0) is 11.0. The summed E-state index contributed by atoms with van der Waals surface area (Å²) in [5.41, 5.74) is 0.736. The summed E-state index contributed by atoms with van der Waals surface area (Å²) in [7, 11) is 1.66. The maximum Gasteiger partial charge on any atom is 0.235 e. The molecule has 1 heterocycles. The largest absolute Gasteiger partial charge is 0.314 e. The molecule has 3 nitrogen and oxygen atoms in total. The molecule has 0 fully saturated rings. The van der Waals surface area contributed by atoms with Gasteiger partial charge >= 0.3 is 0 Å². The Labute approximate surface area is 96.4 Å². The van der Waals surface area contributed by atoms with Gasteiger partial charge < -0.3 is 4.90 Å². The number of anilines is 1. The SMILES string of the molecule is CN1C(=O)CC(=O)Sc2cc(Cl)ccc21. The molecule has 1 aromatic rings. The van der Waals surface area contributed by atoms with Gasteiger partial charge in [-0.05, 0) is 30.0 Å². The van der Waals surface area contributed by atoms with E-state index in [0.717, 1.165) is 22.3 Å².